The number of fused-ring (bicyclic) bond motifs is 1. The molecule has 0 amide bonds. The van der Waals surface area contributed by atoms with E-state index in [2.05, 4.69) is 4.99 Å². The van der Waals surface area contributed by atoms with Gasteiger partial charge in [-0.1, -0.05) is 71.5 Å². The van der Waals surface area contributed by atoms with Gasteiger partial charge in [-0.3, -0.25) is 9.36 Å². The molecular weight excluding hydrogens is 527 g/mol. The maximum atomic E-state index is 14.1. The number of aromatic nitrogens is 1. The first-order valence-corrected chi connectivity index (χ1v) is 12.9. The number of rotatable bonds is 6. The van der Waals surface area contributed by atoms with Gasteiger partial charge in [0.2, 0.25) is 0 Å². The molecule has 1 aromatic heterocycles. The van der Waals surface area contributed by atoms with Crippen molar-refractivity contribution in [2.75, 3.05) is 7.11 Å². The first-order chi connectivity index (χ1) is 18.4. The van der Waals surface area contributed by atoms with E-state index in [9.17, 15) is 14.0 Å². The Morgan fingerprint density at radius 2 is 1.89 bits per heavy atom. The van der Waals surface area contributed by atoms with Gasteiger partial charge in [-0.15, -0.1) is 0 Å². The molecule has 0 bridgehead atoms. The Bertz CT molecular complexity index is 1720. The molecule has 0 N–H and O–H groups in total. The molecule has 6 nitrogen and oxygen atoms in total. The monoisotopic (exact) mass is 548 g/mol. The van der Waals surface area contributed by atoms with Crippen LogP contribution in [0.3, 0.4) is 0 Å². The van der Waals surface area contributed by atoms with E-state index in [-0.39, 0.29) is 22.8 Å². The van der Waals surface area contributed by atoms with Crippen LogP contribution in [-0.4, -0.2) is 17.6 Å². The van der Waals surface area contributed by atoms with Crippen LogP contribution in [0.15, 0.2) is 93.9 Å². The molecule has 192 valence electrons. The van der Waals surface area contributed by atoms with Gasteiger partial charge >= 0.3 is 5.97 Å². The van der Waals surface area contributed by atoms with E-state index >= 15 is 0 Å². The van der Waals surface area contributed by atoms with Crippen molar-refractivity contribution >= 4 is 35.0 Å². The topological polar surface area (TPSA) is 69.9 Å². The van der Waals surface area contributed by atoms with E-state index in [1.165, 1.54) is 35.1 Å². The summed E-state index contributed by atoms with van der Waals surface area (Å²) >= 11 is 7.34. The lowest BCUT2D eigenvalue weighted by Crippen LogP contribution is -2.39. The molecule has 4 aromatic rings. The van der Waals surface area contributed by atoms with Gasteiger partial charge in [0, 0.05) is 5.56 Å². The van der Waals surface area contributed by atoms with Crippen molar-refractivity contribution in [1.82, 2.24) is 4.57 Å². The fourth-order valence-corrected chi connectivity index (χ4v) is 5.58. The first-order valence-electron chi connectivity index (χ1n) is 11.7. The predicted molar refractivity (Wildman–Crippen MR) is 144 cm³/mol. The average molecular weight is 549 g/mol. The predicted octanol–water partition coefficient (Wildman–Crippen LogP) is 4.78. The number of hydrogen-bond acceptors (Lipinski definition) is 6. The Morgan fingerprint density at radius 3 is 2.63 bits per heavy atom. The van der Waals surface area contributed by atoms with Crippen LogP contribution in [0.2, 0.25) is 5.02 Å². The number of hydrogen-bond donors (Lipinski definition) is 0. The van der Waals surface area contributed by atoms with Crippen molar-refractivity contribution in [2.24, 2.45) is 4.99 Å². The number of allylic oxidation sites excluding steroid dienone is 1. The average Bonchev–Trinajstić information content (AvgIpc) is 3.22. The highest BCUT2D eigenvalue weighted by Crippen LogP contribution is 2.30. The fourth-order valence-electron chi connectivity index (χ4n) is 4.31. The minimum absolute atomic E-state index is 0.0379. The second-order valence-corrected chi connectivity index (χ2v) is 9.96. The Labute approximate surface area is 226 Å². The number of esters is 1. The van der Waals surface area contributed by atoms with E-state index in [4.69, 9.17) is 21.1 Å². The summed E-state index contributed by atoms with van der Waals surface area (Å²) in [5.74, 6) is -0.477. The van der Waals surface area contributed by atoms with E-state index in [0.29, 0.717) is 31.9 Å². The molecule has 0 aliphatic carbocycles. The summed E-state index contributed by atoms with van der Waals surface area (Å²) in [6.07, 6.45) is 1.74. The number of methoxy groups -OCH3 is 1. The van der Waals surface area contributed by atoms with Gasteiger partial charge in [0.25, 0.3) is 5.56 Å². The molecule has 1 aliphatic rings. The van der Waals surface area contributed by atoms with Crippen LogP contribution in [0, 0.1) is 5.82 Å². The number of thiazole rings is 1. The minimum Gasteiger partial charge on any atom is -0.489 e. The Morgan fingerprint density at radius 1 is 1.13 bits per heavy atom. The van der Waals surface area contributed by atoms with Crippen LogP contribution in [0.5, 0.6) is 5.75 Å². The van der Waals surface area contributed by atoms with Gasteiger partial charge in [0.05, 0.1) is 34.0 Å². The Balaban J connectivity index is 1.54. The molecule has 0 spiro atoms. The molecule has 1 atom stereocenters. The second-order valence-electron chi connectivity index (χ2n) is 8.55. The standard InChI is InChI=1S/C29H22ClFN2O4S/c1-17-25(28(35)36-2)26(19-9-4-3-5-10-19)33-27(34)24(38-29(33)32-17)15-18-8-6-11-20(14-18)37-16-21-22(30)12-7-13-23(21)31/h3-15,26H,16H2,1-2H3. The minimum atomic E-state index is -0.665. The summed E-state index contributed by atoms with van der Waals surface area (Å²) in [6.45, 7) is 1.70. The highest BCUT2D eigenvalue weighted by Gasteiger charge is 2.32. The third kappa shape index (κ3) is 4.92. The van der Waals surface area contributed by atoms with E-state index in [0.717, 1.165) is 5.56 Å². The molecule has 1 aliphatic heterocycles. The number of halogens is 2. The SMILES string of the molecule is COC(=O)C1=C(C)N=c2sc(=Cc3cccc(OCc4c(F)cccc4Cl)c3)c(=O)n2C1c1ccccc1. The van der Waals surface area contributed by atoms with Crippen LogP contribution in [0.4, 0.5) is 4.39 Å². The largest absolute Gasteiger partial charge is 0.489 e. The lowest BCUT2D eigenvalue weighted by atomic mass is 9.96. The smallest absolute Gasteiger partial charge is 0.338 e. The molecule has 0 saturated heterocycles. The maximum absolute atomic E-state index is 14.1. The number of benzene rings is 3. The van der Waals surface area contributed by atoms with Crippen LogP contribution >= 0.6 is 22.9 Å². The summed E-state index contributed by atoms with van der Waals surface area (Å²) in [4.78, 5) is 31.4. The normalized spacial score (nSPS) is 15.2. The van der Waals surface area contributed by atoms with Crippen LogP contribution in [0.1, 0.15) is 29.7 Å². The highest BCUT2D eigenvalue weighted by atomic mass is 35.5. The zero-order valence-corrected chi connectivity index (χ0v) is 22.1. The van der Waals surface area contributed by atoms with Crippen molar-refractivity contribution in [1.29, 1.82) is 0 Å². The summed E-state index contributed by atoms with van der Waals surface area (Å²) in [6, 6.07) is 20.3. The van der Waals surface area contributed by atoms with E-state index < -0.39 is 17.8 Å². The quantitative estimate of drug-likeness (QED) is 0.325. The van der Waals surface area contributed by atoms with Crippen molar-refractivity contribution in [3.8, 4) is 5.75 Å². The van der Waals surface area contributed by atoms with Gasteiger partial charge in [0.15, 0.2) is 4.80 Å². The van der Waals surface area contributed by atoms with Crippen molar-refractivity contribution in [2.45, 2.75) is 19.6 Å². The van der Waals surface area contributed by atoms with Gasteiger partial charge < -0.3 is 9.47 Å². The zero-order chi connectivity index (χ0) is 26.8. The summed E-state index contributed by atoms with van der Waals surface area (Å²) in [5.41, 5.74) is 2.30. The molecule has 3 aromatic carbocycles. The second kappa shape index (κ2) is 10.8. The molecule has 5 rings (SSSR count). The first kappa shape index (κ1) is 25.6. The number of nitrogens with zero attached hydrogens (tertiary/aromatic N) is 2. The molecule has 9 heteroatoms. The van der Waals surface area contributed by atoms with Gasteiger partial charge in [-0.25, -0.2) is 14.2 Å². The molecule has 1 unspecified atom stereocenters. The summed E-state index contributed by atoms with van der Waals surface area (Å²) in [5, 5.41) is 0.289. The zero-order valence-electron chi connectivity index (χ0n) is 20.5. The van der Waals surface area contributed by atoms with Crippen LogP contribution < -0.4 is 19.6 Å². The van der Waals surface area contributed by atoms with E-state index in [1.54, 1.807) is 37.3 Å². The van der Waals surface area contributed by atoms with E-state index in [1.807, 2.05) is 36.4 Å². The molecule has 38 heavy (non-hydrogen) atoms. The number of carbonyl (C=O) groups excluding carboxylic acids is 1. The lowest BCUT2D eigenvalue weighted by Gasteiger charge is -2.24. The maximum Gasteiger partial charge on any atom is 0.338 e. The molecule has 2 heterocycles. The fraction of sp³-hybridized carbons (Fsp3) is 0.138. The van der Waals surface area contributed by atoms with Crippen LogP contribution in [0.25, 0.3) is 6.08 Å². The number of carbonyl (C=O) groups is 1. The Hall–Kier alpha value is -4.01. The highest BCUT2D eigenvalue weighted by molar-refractivity contribution is 7.07. The van der Waals surface area contributed by atoms with Gasteiger partial charge in [0.1, 0.15) is 18.2 Å². The van der Waals surface area contributed by atoms with Crippen molar-refractivity contribution in [3.63, 3.8) is 0 Å². The van der Waals surface area contributed by atoms with Gasteiger partial charge in [-0.05, 0) is 48.4 Å². The van der Waals surface area contributed by atoms with Crippen molar-refractivity contribution < 1.29 is 18.7 Å². The third-order valence-electron chi connectivity index (χ3n) is 6.14. The lowest BCUT2D eigenvalue weighted by molar-refractivity contribution is -0.136. The molecule has 0 fully saturated rings. The summed E-state index contributed by atoms with van der Waals surface area (Å²) in [7, 11) is 1.31. The Kier molecular flexibility index (Phi) is 7.26. The number of ether oxygens (including phenoxy) is 2. The molecule has 0 saturated carbocycles. The third-order valence-corrected chi connectivity index (χ3v) is 7.48. The molecular formula is C29H22ClFN2O4S. The van der Waals surface area contributed by atoms with Crippen molar-refractivity contribution in [3.05, 3.63) is 131 Å². The van der Waals surface area contributed by atoms with Gasteiger partial charge in [-0.2, -0.15) is 0 Å². The molecule has 0 radical (unpaired) electrons. The van der Waals surface area contributed by atoms with Crippen LogP contribution in [-0.2, 0) is 16.1 Å². The summed E-state index contributed by atoms with van der Waals surface area (Å²) < 4.78 is 26.9.